The Morgan fingerprint density at radius 3 is 2.19 bits per heavy atom. The highest BCUT2D eigenvalue weighted by Gasteiger charge is 2.27. The van der Waals surface area contributed by atoms with Gasteiger partial charge in [0, 0.05) is 29.4 Å². The van der Waals surface area contributed by atoms with E-state index in [2.05, 4.69) is 5.32 Å². The lowest BCUT2D eigenvalue weighted by Gasteiger charge is -2.19. The molecule has 0 saturated heterocycles. The van der Waals surface area contributed by atoms with Crippen LogP contribution >= 0.6 is 0 Å². The average molecular weight is 269 g/mol. The van der Waals surface area contributed by atoms with Crippen LogP contribution in [0.4, 0.5) is 0 Å². The molecule has 0 saturated carbocycles. The number of hydrogen-bond acceptors (Lipinski definition) is 4. The highest BCUT2D eigenvalue weighted by atomic mass is 32.2. The zero-order valence-electron chi connectivity index (χ0n) is 10.6. The van der Waals surface area contributed by atoms with Crippen LogP contribution in [0.25, 0.3) is 0 Å². The van der Waals surface area contributed by atoms with Gasteiger partial charge in [-0.05, 0) is 33.7 Å². The van der Waals surface area contributed by atoms with Gasteiger partial charge in [0.05, 0.1) is 10.5 Å². The second-order valence-corrected chi connectivity index (χ2v) is 9.23. The van der Waals surface area contributed by atoms with Crippen molar-refractivity contribution in [3.05, 3.63) is 0 Å². The molecule has 1 atom stereocenters. The van der Waals surface area contributed by atoms with Gasteiger partial charge in [-0.2, -0.15) is 0 Å². The van der Waals surface area contributed by atoms with Crippen molar-refractivity contribution in [1.29, 1.82) is 0 Å². The molecule has 0 radical (unpaired) electrons. The van der Waals surface area contributed by atoms with Crippen LogP contribution in [0.2, 0.25) is 0 Å². The second-order valence-electron chi connectivity index (χ2n) is 4.81. The maximum absolute atomic E-state index is 11.7. The van der Waals surface area contributed by atoms with Crippen LogP contribution in [0.3, 0.4) is 0 Å². The first kappa shape index (κ1) is 16.1. The zero-order chi connectivity index (χ0) is 12.8. The van der Waals surface area contributed by atoms with E-state index >= 15 is 0 Å². The first-order valence-electron chi connectivity index (χ1n) is 5.40. The van der Waals surface area contributed by atoms with E-state index < -0.39 is 25.4 Å². The van der Waals surface area contributed by atoms with E-state index in [1.165, 1.54) is 0 Å². The van der Waals surface area contributed by atoms with Gasteiger partial charge in [-0.15, -0.1) is 0 Å². The quantitative estimate of drug-likeness (QED) is 0.686. The molecule has 1 unspecified atom stereocenters. The van der Waals surface area contributed by atoms with Gasteiger partial charge in [0.1, 0.15) is 0 Å². The summed E-state index contributed by atoms with van der Waals surface area (Å²) in [7, 11) is -3.78. The molecule has 0 aromatic heterocycles. The number of nitrogens with one attached hydrogen (secondary N) is 1. The Hall–Kier alpha value is 0.0600. The van der Waals surface area contributed by atoms with Gasteiger partial charge in [0.15, 0.2) is 9.84 Å². The van der Waals surface area contributed by atoms with Gasteiger partial charge in [-0.25, -0.2) is 8.42 Å². The van der Waals surface area contributed by atoms with Crippen molar-refractivity contribution in [3.8, 4) is 0 Å². The molecular formula is C10H23NO3S2. The summed E-state index contributed by atoms with van der Waals surface area (Å²) in [5, 5.41) is 3.06. The van der Waals surface area contributed by atoms with Crippen molar-refractivity contribution in [3.63, 3.8) is 0 Å². The molecule has 0 aliphatic heterocycles. The predicted octanol–water partition coefficient (Wildman–Crippen LogP) is 0.558. The lowest BCUT2D eigenvalue weighted by atomic mass is 10.3. The molecule has 0 fully saturated rings. The lowest BCUT2D eigenvalue weighted by molar-refractivity contribution is 0.555. The summed E-state index contributed by atoms with van der Waals surface area (Å²) in [5.41, 5.74) is 0. The topological polar surface area (TPSA) is 63.2 Å². The fourth-order valence-corrected chi connectivity index (χ4v) is 2.61. The Bertz CT molecular complexity index is 317. The minimum absolute atomic E-state index is 0.158. The SMILES string of the molecule is CS(=O)CCCNCCS(=O)(=O)C(C)(C)C. The molecule has 0 aromatic carbocycles. The van der Waals surface area contributed by atoms with Crippen LogP contribution in [0.5, 0.6) is 0 Å². The smallest absolute Gasteiger partial charge is 0.156 e. The van der Waals surface area contributed by atoms with E-state index in [-0.39, 0.29) is 5.75 Å². The highest BCUT2D eigenvalue weighted by Crippen LogP contribution is 2.14. The third-order valence-electron chi connectivity index (χ3n) is 2.27. The molecule has 0 rings (SSSR count). The normalized spacial score (nSPS) is 15.0. The monoisotopic (exact) mass is 269 g/mol. The van der Waals surface area contributed by atoms with Crippen LogP contribution in [-0.2, 0) is 20.6 Å². The van der Waals surface area contributed by atoms with E-state index in [0.717, 1.165) is 13.0 Å². The summed E-state index contributed by atoms with van der Waals surface area (Å²) in [6.07, 6.45) is 2.49. The largest absolute Gasteiger partial charge is 0.316 e. The molecule has 0 aliphatic carbocycles. The Morgan fingerprint density at radius 1 is 1.19 bits per heavy atom. The average Bonchev–Trinajstić information content (AvgIpc) is 2.08. The fraction of sp³-hybridized carbons (Fsp3) is 1.00. The molecule has 1 N–H and O–H groups in total. The first-order valence-corrected chi connectivity index (χ1v) is 8.78. The van der Waals surface area contributed by atoms with E-state index in [1.54, 1.807) is 27.0 Å². The van der Waals surface area contributed by atoms with Gasteiger partial charge >= 0.3 is 0 Å². The van der Waals surface area contributed by atoms with E-state index in [0.29, 0.717) is 12.3 Å². The van der Waals surface area contributed by atoms with Crippen LogP contribution in [0.15, 0.2) is 0 Å². The van der Waals surface area contributed by atoms with Crippen molar-refractivity contribution in [1.82, 2.24) is 5.32 Å². The molecule has 0 aromatic rings. The van der Waals surface area contributed by atoms with Crippen LogP contribution in [-0.4, -0.2) is 48.2 Å². The molecule has 98 valence electrons. The van der Waals surface area contributed by atoms with Crippen molar-refractivity contribution < 1.29 is 12.6 Å². The highest BCUT2D eigenvalue weighted by molar-refractivity contribution is 7.92. The van der Waals surface area contributed by atoms with Gasteiger partial charge in [0.2, 0.25) is 0 Å². The molecular weight excluding hydrogens is 246 g/mol. The summed E-state index contributed by atoms with van der Waals surface area (Å²) >= 11 is 0. The summed E-state index contributed by atoms with van der Waals surface area (Å²) < 4.78 is 33.5. The Labute approximate surface area is 102 Å². The van der Waals surface area contributed by atoms with Crippen LogP contribution in [0.1, 0.15) is 27.2 Å². The third kappa shape index (κ3) is 6.60. The summed E-state index contributed by atoms with van der Waals surface area (Å²) in [5.74, 6) is 0.824. The van der Waals surface area contributed by atoms with E-state index in [1.807, 2.05) is 0 Å². The van der Waals surface area contributed by atoms with Gasteiger partial charge in [-0.3, -0.25) is 4.21 Å². The Balaban J connectivity index is 3.72. The molecule has 0 aliphatic rings. The minimum atomic E-state index is -3.02. The second kappa shape index (κ2) is 6.71. The fourth-order valence-electron chi connectivity index (χ4n) is 1.04. The van der Waals surface area contributed by atoms with Crippen molar-refractivity contribution in [2.45, 2.75) is 31.9 Å². The summed E-state index contributed by atoms with van der Waals surface area (Å²) in [6.45, 7) is 6.32. The molecule has 0 spiro atoms. The Kier molecular flexibility index (Phi) is 6.74. The van der Waals surface area contributed by atoms with Gasteiger partial charge < -0.3 is 5.32 Å². The molecule has 0 amide bonds. The molecule has 0 bridgehead atoms. The maximum Gasteiger partial charge on any atom is 0.156 e. The van der Waals surface area contributed by atoms with Crippen LogP contribution in [0, 0.1) is 0 Å². The van der Waals surface area contributed by atoms with E-state index in [4.69, 9.17) is 0 Å². The van der Waals surface area contributed by atoms with Crippen molar-refractivity contribution in [2.24, 2.45) is 0 Å². The lowest BCUT2D eigenvalue weighted by Crippen LogP contribution is -2.35. The molecule has 0 heterocycles. The standard InChI is InChI=1S/C10H23NO3S2/c1-10(2,3)16(13,14)9-7-11-6-5-8-15(4)12/h11H,5-9H2,1-4H3. The minimum Gasteiger partial charge on any atom is -0.316 e. The number of hydrogen-bond donors (Lipinski definition) is 1. The summed E-state index contributed by atoms with van der Waals surface area (Å²) in [6, 6.07) is 0. The van der Waals surface area contributed by atoms with Crippen molar-refractivity contribution in [2.75, 3.05) is 30.9 Å². The Morgan fingerprint density at radius 2 is 1.75 bits per heavy atom. The third-order valence-corrected chi connectivity index (χ3v) is 5.74. The molecule has 16 heavy (non-hydrogen) atoms. The number of sulfone groups is 1. The van der Waals surface area contributed by atoms with Crippen LogP contribution < -0.4 is 5.32 Å². The summed E-state index contributed by atoms with van der Waals surface area (Å²) in [4.78, 5) is 0. The molecule has 4 nitrogen and oxygen atoms in total. The van der Waals surface area contributed by atoms with Gasteiger partial charge in [0.25, 0.3) is 0 Å². The maximum atomic E-state index is 11.7. The van der Waals surface area contributed by atoms with Gasteiger partial charge in [-0.1, -0.05) is 0 Å². The zero-order valence-corrected chi connectivity index (χ0v) is 12.2. The number of rotatable bonds is 7. The predicted molar refractivity (Wildman–Crippen MR) is 70.0 cm³/mol. The molecule has 6 heteroatoms. The first-order chi connectivity index (χ1) is 7.17. The van der Waals surface area contributed by atoms with E-state index in [9.17, 15) is 12.6 Å². The van der Waals surface area contributed by atoms with Crippen molar-refractivity contribution >= 4 is 20.6 Å².